The van der Waals surface area contributed by atoms with Crippen molar-refractivity contribution in [2.75, 3.05) is 25.4 Å². The van der Waals surface area contributed by atoms with Crippen LogP contribution in [-0.4, -0.2) is 38.0 Å². The van der Waals surface area contributed by atoms with Crippen molar-refractivity contribution in [2.24, 2.45) is 0 Å². The molecule has 0 bridgehead atoms. The zero-order chi connectivity index (χ0) is 15.1. The Morgan fingerprint density at radius 3 is 2.65 bits per heavy atom. The third-order valence-electron chi connectivity index (χ3n) is 3.33. The topological polar surface area (TPSA) is 72.6 Å². The highest BCUT2D eigenvalue weighted by Crippen LogP contribution is 2.27. The molecule has 1 aliphatic rings. The van der Waals surface area contributed by atoms with Gasteiger partial charge in [0.15, 0.2) is 0 Å². The number of nitrogens with two attached hydrogens (primary N) is 1. The van der Waals surface area contributed by atoms with Gasteiger partial charge in [-0.15, -0.1) is 0 Å². The fourth-order valence-electron chi connectivity index (χ4n) is 2.18. The van der Waals surface area contributed by atoms with E-state index < -0.39 is 21.4 Å². The van der Waals surface area contributed by atoms with Crippen LogP contribution >= 0.6 is 0 Å². The van der Waals surface area contributed by atoms with Gasteiger partial charge in [-0.05, 0) is 38.5 Å². The maximum atomic E-state index is 14.0. The van der Waals surface area contributed by atoms with E-state index in [9.17, 15) is 12.8 Å². The maximum Gasteiger partial charge on any atom is 0.246 e. The first-order valence-corrected chi connectivity index (χ1v) is 7.77. The smallest absolute Gasteiger partial charge is 0.246 e. The van der Waals surface area contributed by atoms with Crippen molar-refractivity contribution in [1.82, 2.24) is 4.31 Å². The molecule has 0 unspecified atom stereocenters. The zero-order valence-electron chi connectivity index (χ0n) is 11.8. The molecular formula is C13H19FN2O3S. The lowest BCUT2D eigenvalue weighted by molar-refractivity contribution is -0.0640. The molecule has 0 aliphatic carbocycles. The molecule has 1 aliphatic heterocycles. The first-order valence-electron chi connectivity index (χ1n) is 6.33. The van der Waals surface area contributed by atoms with Gasteiger partial charge < -0.3 is 10.5 Å². The van der Waals surface area contributed by atoms with Crippen LogP contribution in [0, 0.1) is 12.7 Å². The van der Waals surface area contributed by atoms with E-state index in [1.54, 1.807) is 20.8 Å². The van der Waals surface area contributed by atoms with E-state index in [4.69, 9.17) is 10.5 Å². The van der Waals surface area contributed by atoms with E-state index >= 15 is 0 Å². The Balaban J connectivity index is 2.43. The summed E-state index contributed by atoms with van der Waals surface area (Å²) in [5.41, 5.74) is 5.89. The van der Waals surface area contributed by atoms with Crippen LogP contribution in [0.25, 0.3) is 0 Å². The average Bonchev–Trinajstić information content (AvgIpc) is 2.32. The molecule has 1 aromatic rings. The zero-order valence-corrected chi connectivity index (χ0v) is 12.6. The molecule has 1 aromatic carbocycles. The Morgan fingerprint density at radius 1 is 1.40 bits per heavy atom. The second-order valence-corrected chi connectivity index (χ2v) is 7.49. The maximum absolute atomic E-state index is 14.0. The number of benzene rings is 1. The summed E-state index contributed by atoms with van der Waals surface area (Å²) < 4.78 is 45.8. The first-order chi connectivity index (χ1) is 9.13. The molecule has 2 rings (SSSR count). The molecule has 0 amide bonds. The molecule has 112 valence electrons. The van der Waals surface area contributed by atoms with Gasteiger partial charge in [-0.25, -0.2) is 12.8 Å². The average molecular weight is 302 g/mol. The van der Waals surface area contributed by atoms with Crippen LogP contribution in [0.15, 0.2) is 17.0 Å². The number of rotatable bonds is 2. The molecular weight excluding hydrogens is 283 g/mol. The highest BCUT2D eigenvalue weighted by molar-refractivity contribution is 7.89. The number of nitrogens with zero attached hydrogens (tertiary/aromatic N) is 1. The minimum atomic E-state index is -3.90. The highest BCUT2D eigenvalue weighted by atomic mass is 32.2. The lowest BCUT2D eigenvalue weighted by Gasteiger charge is -2.37. The molecule has 5 nitrogen and oxygen atoms in total. The standard InChI is InChI=1S/C13H19FN2O3S/c1-9-6-10(14)12(7-11(9)15)20(17,18)16-4-5-19-13(2,3)8-16/h6-7H,4-5,8,15H2,1-3H3. The molecule has 2 N–H and O–H groups in total. The number of aryl methyl sites for hydroxylation is 1. The van der Waals surface area contributed by atoms with Crippen LogP contribution in [0.4, 0.5) is 10.1 Å². The first kappa shape index (κ1) is 15.2. The quantitative estimate of drug-likeness (QED) is 0.841. The van der Waals surface area contributed by atoms with Crippen LogP contribution in [0.1, 0.15) is 19.4 Å². The number of morpholine rings is 1. The molecule has 1 fully saturated rings. The predicted molar refractivity (Wildman–Crippen MR) is 74.3 cm³/mol. The van der Waals surface area contributed by atoms with Gasteiger partial charge in [-0.2, -0.15) is 4.31 Å². The molecule has 0 atom stereocenters. The van der Waals surface area contributed by atoms with Crippen LogP contribution in [0.3, 0.4) is 0 Å². The molecule has 7 heteroatoms. The van der Waals surface area contributed by atoms with Crippen molar-refractivity contribution in [3.63, 3.8) is 0 Å². The highest BCUT2D eigenvalue weighted by Gasteiger charge is 2.36. The summed E-state index contributed by atoms with van der Waals surface area (Å²) in [4.78, 5) is -0.377. The van der Waals surface area contributed by atoms with Gasteiger partial charge in [-0.1, -0.05) is 0 Å². The second-order valence-electron chi connectivity index (χ2n) is 5.59. The largest absolute Gasteiger partial charge is 0.398 e. The van der Waals surface area contributed by atoms with Crippen LogP contribution in [0.5, 0.6) is 0 Å². The fraction of sp³-hybridized carbons (Fsp3) is 0.538. The van der Waals surface area contributed by atoms with Gasteiger partial charge in [0.2, 0.25) is 10.0 Å². The Labute approximate surface area is 118 Å². The lowest BCUT2D eigenvalue weighted by atomic mass is 10.1. The number of hydrogen-bond donors (Lipinski definition) is 1. The molecule has 1 heterocycles. The summed E-state index contributed by atoms with van der Waals surface area (Å²) in [6.07, 6.45) is 0. The molecule has 0 radical (unpaired) electrons. The molecule has 0 saturated carbocycles. The molecule has 0 aromatic heterocycles. The van der Waals surface area contributed by atoms with Gasteiger partial charge >= 0.3 is 0 Å². The predicted octanol–water partition coefficient (Wildman–Crippen LogP) is 1.52. The van der Waals surface area contributed by atoms with Crippen LogP contribution < -0.4 is 5.73 Å². The summed E-state index contributed by atoms with van der Waals surface area (Å²) in [6.45, 7) is 5.91. The third kappa shape index (κ3) is 2.79. The normalized spacial score (nSPS) is 20.0. The Bertz CT molecular complexity index is 629. The van der Waals surface area contributed by atoms with Crippen molar-refractivity contribution >= 4 is 15.7 Å². The number of ether oxygens (including phenoxy) is 1. The van der Waals surface area contributed by atoms with E-state index in [0.29, 0.717) is 5.56 Å². The number of hydrogen-bond acceptors (Lipinski definition) is 4. The van der Waals surface area contributed by atoms with E-state index in [1.165, 1.54) is 10.4 Å². The molecule has 20 heavy (non-hydrogen) atoms. The van der Waals surface area contributed by atoms with E-state index in [2.05, 4.69) is 0 Å². The monoisotopic (exact) mass is 302 g/mol. The van der Waals surface area contributed by atoms with Crippen LogP contribution in [0.2, 0.25) is 0 Å². The molecule has 1 saturated heterocycles. The Hall–Kier alpha value is -1.18. The number of anilines is 1. The van der Waals surface area contributed by atoms with Crippen molar-refractivity contribution in [1.29, 1.82) is 0 Å². The summed E-state index contributed by atoms with van der Waals surface area (Å²) >= 11 is 0. The minimum Gasteiger partial charge on any atom is -0.398 e. The number of nitrogen functional groups attached to an aromatic ring is 1. The van der Waals surface area contributed by atoms with Crippen molar-refractivity contribution in [3.8, 4) is 0 Å². The van der Waals surface area contributed by atoms with Crippen molar-refractivity contribution < 1.29 is 17.5 Å². The van der Waals surface area contributed by atoms with Gasteiger partial charge in [-0.3, -0.25) is 0 Å². The summed E-state index contributed by atoms with van der Waals surface area (Å²) in [7, 11) is -3.90. The third-order valence-corrected chi connectivity index (χ3v) is 5.19. The lowest BCUT2D eigenvalue weighted by Crippen LogP contribution is -2.50. The Kier molecular flexibility index (Phi) is 3.79. The second kappa shape index (κ2) is 4.98. The Morgan fingerprint density at radius 2 is 2.05 bits per heavy atom. The van der Waals surface area contributed by atoms with Crippen molar-refractivity contribution in [3.05, 3.63) is 23.5 Å². The number of halogens is 1. The summed E-state index contributed by atoms with van der Waals surface area (Å²) in [5, 5.41) is 0. The SMILES string of the molecule is Cc1cc(F)c(S(=O)(=O)N2CCOC(C)(C)C2)cc1N. The molecule has 0 spiro atoms. The van der Waals surface area contributed by atoms with E-state index in [1.807, 2.05) is 0 Å². The minimum absolute atomic E-state index is 0.183. The summed E-state index contributed by atoms with van der Waals surface area (Å²) in [6, 6.07) is 2.33. The van der Waals surface area contributed by atoms with Gasteiger partial charge in [0.05, 0.1) is 12.2 Å². The number of sulfonamides is 1. The van der Waals surface area contributed by atoms with Gasteiger partial charge in [0, 0.05) is 18.8 Å². The van der Waals surface area contributed by atoms with Gasteiger partial charge in [0.1, 0.15) is 10.7 Å². The van der Waals surface area contributed by atoms with Gasteiger partial charge in [0.25, 0.3) is 0 Å². The van der Waals surface area contributed by atoms with Crippen molar-refractivity contribution in [2.45, 2.75) is 31.3 Å². The van der Waals surface area contributed by atoms with E-state index in [-0.39, 0.29) is 30.3 Å². The summed E-state index contributed by atoms with van der Waals surface area (Å²) in [5.74, 6) is -0.777. The van der Waals surface area contributed by atoms with E-state index in [0.717, 1.165) is 6.07 Å². The van der Waals surface area contributed by atoms with Crippen LogP contribution in [-0.2, 0) is 14.8 Å². The fourth-order valence-corrected chi connectivity index (χ4v) is 3.84.